The van der Waals surface area contributed by atoms with Crippen LogP contribution in [-0.2, 0) is 6.42 Å². The van der Waals surface area contributed by atoms with Crippen molar-refractivity contribution in [1.82, 2.24) is 0 Å². The van der Waals surface area contributed by atoms with Crippen LogP contribution < -0.4 is 9.47 Å². The Labute approximate surface area is 137 Å². The van der Waals surface area contributed by atoms with E-state index in [-0.39, 0.29) is 13.2 Å². The molecule has 0 heterocycles. The van der Waals surface area contributed by atoms with Crippen molar-refractivity contribution in [2.45, 2.75) is 38.9 Å². The summed E-state index contributed by atoms with van der Waals surface area (Å²) in [6.45, 7) is 7.77. The molecule has 0 fully saturated rings. The third-order valence-corrected chi connectivity index (χ3v) is 3.45. The molecule has 2 aromatic rings. The van der Waals surface area contributed by atoms with Crippen LogP contribution in [0.5, 0.6) is 11.5 Å². The van der Waals surface area contributed by atoms with Gasteiger partial charge in [-0.2, -0.15) is 0 Å². The van der Waals surface area contributed by atoms with Crippen LogP contribution in [0, 0.1) is 6.92 Å². The summed E-state index contributed by atoms with van der Waals surface area (Å²) in [5.74, 6) is 1.49. The van der Waals surface area contributed by atoms with Crippen LogP contribution >= 0.6 is 0 Å². The maximum absolute atomic E-state index is 9.52. The van der Waals surface area contributed by atoms with E-state index >= 15 is 0 Å². The molecule has 4 nitrogen and oxygen atoms in total. The Morgan fingerprint density at radius 3 is 2.30 bits per heavy atom. The lowest BCUT2D eigenvalue weighted by molar-refractivity contribution is 0.122. The first-order chi connectivity index (χ1) is 11.0. The molecule has 125 valence electrons. The van der Waals surface area contributed by atoms with Crippen LogP contribution in [0.3, 0.4) is 0 Å². The lowest BCUT2D eigenvalue weighted by Crippen LogP contribution is -2.14. The van der Waals surface area contributed by atoms with Gasteiger partial charge in [0.15, 0.2) is 0 Å². The average Bonchev–Trinajstić information content (AvgIpc) is 2.51. The Morgan fingerprint density at radius 2 is 1.65 bits per heavy atom. The number of hydrogen-bond acceptors (Lipinski definition) is 4. The van der Waals surface area contributed by atoms with Gasteiger partial charge in [0, 0.05) is 10.8 Å². The molecule has 4 heteroatoms. The average molecular weight is 317 g/mol. The molecule has 2 aromatic carbocycles. The van der Waals surface area contributed by atoms with E-state index < -0.39 is 12.2 Å². The zero-order valence-corrected chi connectivity index (χ0v) is 13.8. The quantitative estimate of drug-likeness (QED) is 0.785. The van der Waals surface area contributed by atoms with Crippen molar-refractivity contribution in [2.75, 3.05) is 13.2 Å². The topological polar surface area (TPSA) is 58.9 Å². The second-order valence-corrected chi connectivity index (χ2v) is 5.83. The molecule has 2 rings (SSSR count). The van der Waals surface area contributed by atoms with Crippen molar-refractivity contribution in [1.29, 1.82) is 0 Å². The molecule has 2 unspecified atom stereocenters. The van der Waals surface area contributed by atoms with Gasteiger partial charge >= 0.3 is 0 Å². The Bertz CT molecular complexity index is 635. The van der Waals surface area contributed by atoms with Crippen LogP contribution in [0.4, 0.5) is 0 Å². The molecule has 0 saturated heterocycles. The zero-order valence-electron chi connectivity index (χ0n) is 13.8. The van der Waals surface area contributed by atoms with Gasteiger partial charge in [-0.15, -0.1) is 0 Å². The second-order valence-electron chi connectivity index (χ2n) is 5.83. The Kier molecular flexibility index (Phi) is 6.25. The summed E-state index contributed by atoms with van der Waals surface area (Å²) in [5, 5.41) is 20.8. The summed E-state index contributed by atoms with van der Waals surface area (Å²) in [7, 11) is 0. The molecule has 0 aliphatic carbocycles. The van der Waals surface area contributed by atoms with Gasteiger partial charge < -0.3 is 19.7 Å². The van der Waals surface area contributed by atoms with E-state index in [0.29, 0.717) is 5.75 Å². The van der Waals surface area contributed by atoms with Gasteiger partial charge in [0.05, 0.1) is 12.2 Å². The van der Waals surface area contributed by atoms with E-state index in [9.17, 15) is 10.2 Å². The van der Waals surface area contributed by atoms with E-state index in [0.717, 1.165) is 34.9 Å². The van der Waals surface area contributed by atoms with Crippen LogP contribution in [0.2, 0.25) is 0 Å². The maximum atomic E-state index is 9.52. The molecule has 1 radical (unpaired) electrons. The highest BCUT2D eigenvalue weighted by atomic mass is 16.5. The number of hydrogen-bond donors (Lipinski definition) is 2. The SMILES string of the molecule is [CH2]CCc1ccc2c(OCC(C)O)cccc2c1OCC(C)O. The minimum absolute atomic E-state index is 0.238. The van der Waals surface area contributed by atoms with Crippen molar-refractivity contribution in [3.8, 4) is 11.5 Å². The van der Waals surface area contributed by atoms with E-state index in [4.69, 9.17) is 9.47 Å². The first kappa shape index (κ1) is 17.6. The number of aliphatic hydroxyl groups is 2. The van der Waals surface area contributed by atoms with Gasteiger partial charge in [-0.25, -0.2) is 0 Å². The molecule has 0 aromatic heterocycles. The summed E-state index contributed by atoms with van der Waals surface area (Å²) in [4.78, 5) is 0. The molecule has 2 atom stereocenters. The third-order valence-electron chi connectivity index (χ3n) is 3.45. The molecule has 0 amide bonds. The lowest BCUT2D eigenvalue weighted by Gasteiger charge is -2.17. The van der Waals surface area contributed by atoms with Crippen molar-refractivity contribution >= 4 is 10.8 Å². The summed E-state index contributed by atoms with van der Waals surface area (Å²) >= 11 is 0. The zero-order chi connectivity index (χ0) is 16.8. The second kappa shape index (κ2) is 8.18. The Balaban J connectivity index is 2.44. The molecule has 0 saturated carbocycles. The molecule has 0 aliphatic heterocycles. The van der Waals surface area contributed by atoms with Crippen LogP contribution in [0.15, 0.2) is 30.3 Å². The first-order valence-electron chi connectivity index (χ1n) is 7.98. The van der Waals surface area contributed by atoms with Gasteiger partial charge in [-0.1, -0.05) is 31.2 Å². The summed E-state index contributed by atoms with van der Waals surface area (Å²) < 4.78 is 11.6. The minimum atomic E-state index is -0.535. The number of fused-ring (bicyclic) bond motifs is 1. The molecule has 2 N–H and O–H groups in total. The molecule has 0 spiro atoms. The van der Waals surface area contributed by atoms with E-state index in [1.54, 1.807) is 13.8 Å². The fourth-order valence-electron chi connectivity index (χ4n) is 2.44. The van der Waals surface area contributed by atoms with Crippen LogP contribution in [0.25, 0.3) is 10.8 Å². The number of benzene rings is 2. The number of ether oxygens (including phenoxy) is 2. The third kappa shape index (κ3) is 4.60. The largest absolute Gasteiger partial charge is 0.490 e. The summed E-state index contributed by atoms with van der Waals surface area (Å²) in [6, 6.07) is 9.79. The maximum Gasteiger partial charge on any atom is 0.130 e. The number of aliphatic hydroxyl groups excluding tert-OH is 2. The molecule has 0 aliphatic rings. The smallest absolute Gasteiger partial charge is 0.130 e. The summed E-state index contributed by atoms with van der Waals surface area (Å²) in [5.41, 5.74) is 1.07. The van der Waals surface area contributed by atoms with Crippen molar-refractivity contribution < 1.29 is 19.7 Å². The lowest BCUT2D eigenvalue weighted by atomic mass is 10.0. The molecular weight excluding hydrogens is 292 g/mol. The highest BCUT2D eigenvalue weighted by Crippen LogP contribution is 2.35. The van der Waals surface area contributed by atoms with Crippen LogP contribution in [-0.4, -0.2) is 35.6 Å². The standard InChI is InChI=1S/C19H25O4/c1-4-6-15-9-10-16-17(19(15)23-12-14(3)21)7-5-8-18(16)22-11-13(2)20/h5,7-10,13-14,20-21H,1,4,6,11-12H2,2-3H3. The van der Waals surface area contributed by atoms with E-state index in [2.05, 4.69) is 6.92 Å². The normalized spacial score (nSPS) is 13.8. The predicted molar refractivity (Wildman–Crippen MR) is 92.0 cm³/mol. The predicted octanol–water partition coefficient (Wildman–Crippen LogP) is 3.13. The van der Waals surface area contributed by atoms with E-state index in [1.807, 2.05) is 30.3 Å². The van der Waals surface area contributed by atoms with Gasteiger partial charge in [0.25, 0.3) is 0 Å². The van der Waals surface area contributed by atoms with Crippen molar-refractivity contribution in [2.24, 2.45) is 0 Å². The van der Waals surface area contributed by atoms with Crippen LogP contribution in [0.1, 0.15) is 25.8 Å². The van der Waals surface area contributed by atoms with Gasteiger partial charge in [-0.05, 0) is 38.3 Å². The highest BCUT2D eigenvalue weighted by Gasteiger charge is 2.13. The Hall–Kier alpha value is -1.78. The minimum Gasteiger partial charge on any atom is -0.490 e. The van der Waals surface area contributed by atoms with Gasteiger partial charge in [0.1, 0.15) is 24.7 Å². The van der Waals surface area contributed by atoms with Gasteiger partial charge in [0.2, 0.25) is 0 Å². The van der Waals surface area contributed by atoms with Crippen molar-refractivity contribution in [3.63, 3.8) is 0 Å². The fraction of sp³-hybridized carbons (Fsp3) is 0.421. The Morgan fingerprint density at radius 1 is 0.957 bits per heavy atom. The van der Waals surface area contributed by atoms with Crippen molar-refractivity contribution in [3.05, 3.63) is 42.8 Å². The summed E-state index contributed by atoms with van der Waals surface area (Å²) in [6.07, 6.45) is 0.521. The first-order valence-corrected chi connectivity index (χ1v) is 7.98. The monoisotopic (exact) mass is 317 g/mol. The number of aryl methyl sites for hydroxylation is 1. The number of rotatable bonds is 8. The molecular formula is C19H25O4. The highest BCUT2D eigenvalue weighted by molar-refractivity contribution is 5.94. The van der Waals surface area contributed by atoms with E-state index in [1.165, 1.54) is 0 Å². The molecule has 23 heavy (non-hydrogen) atoms. The van der Waals surface area contributed by atoms with Gasteiger partial charge in [-0.3, -0.25) is 0 Å². The molecule has 0 bridgehead atoms. The fourth-order valence-corrected chi connectivity index (χ4v) is 2.44.